The number of hydrogen-bond acceptors (Lipinski definition) is 3. The Hall–Kier alpha value is -2.14. The summed E-state index contributed by atoms with van der Waals surface area (Å²) in [5, 5.41) is 4.94. The highest BCUT2D eigenvalue weighted by Crippen LogP contribution is 2.41. The van der Waals surface area contributed by atoms with Crippen LogP contribution in [0.4, 0.5) is 5.69 Å². The number of rotatable bonds is 5. The molecule has 24 heavy (non-hydrogen) atoms. The van der Waals surface area contributed by atoms with Crippen molar-refractivity contribution in [2.24, 2.45) is 0 Å². The third-order valence-corrected chi connectivity index (χ3v) is 5.41. The third kappa shape index (κ3) is 3.08. The van der Waals surface area contributed by atoms with Crippen molar-refractivity contribution < 1.29 is 9.59 Å². The zero-order chi connectivity index (χ0) is 17.3. The molecule has 0 aliphatic carbocycles. The number of anilines is 1. The van der Waals surface area contributed by atoms with Crippen LogP contribution in [0, 0.1) is 6.92 Å². The molecular weight excluding hydrogens is 320 g/mol. The summed E-state index contributed by atoms with van der Waals surface area (Å²) < 4.78 is 0. The van der Waals surface area contributed by atoms with Gasteiger partial charge in [-0.1, -0.05) is 23.8 Å². The van der Waals surface area contributed by atoms with E-state index in [1.807, 2.05) is 50.4 Å². The Morgan fingerprint density at radius 3 is 2.79 bits per heavy atom. The van der Waals surface area contributed by atoms with Gasteiger partial charge in [0.05, 0.1) is 5.41 Å². The monoisotopic (exact) mass is 342 g/mol. The number of thiophene rings is 1. The van der Waals surface area contributed by atoms with E-state index in [9.17, 15) is 9.59 Å². The molecule has 126 valence electrons. The molecular formula is C19H22N2O2S. The van der Waals surface area contributed by atoms with Crippen molar-refractivity contribution >= 4 is 28.8 Å². The van der Waals surface area contributed by atoms with E-state index < -0.39 is 5.41 Å². The number of benzene rings is 1. The number of nitrogens with zero attached hydrogens (tertiary/aromatic N) is 1. The molecule has 1 N–H and O–H groups in total. The number of carbonyl (C=O) groups is 2. The Bertz CT molecular complexity index is 766. The van der Waals surface area contributed by atoms with Crippen LogP contribution in [0.15, 0.2) is 35.7 Å². The third-order valence-electron chi connectivity index (χ3n) is 4.47. The zero-order valence-corrected chi connectivity index (χ0v) is 15.1. The molecule has 2 aromatic rings. The van der Waals surface area contributed by atoms with E-state index in [0.29, 0.717) is 6.54 Å². The minimum Gasteiger partial charge on any atom is -0.354 e. The van der Waals surface area contributed by atoms with Gasteiger partial charge in [0.1, 0.15) is 6.54 Å². The summed E-state index contributed by atoms with van der Waals surface area (Å²) in [6.45, 7) is 6.51. The van der Waals surface area contributed by atoms with Crippen molar-refractivity contribution in [2.45, 2.75) is 32.6 Å². The summed E-state index contributed by atoms with van der Waals surface area (Å²) in [7, 11) is 0. The highest BCUT2D eigenvalue weighted by Gasteiger charge is 2.44. The number of nitrogens with one attached hydrogen (secondary N) is 1. The smallest absolute Gasteiger partial charge is 0.240 e. The lowest BCUT2D eigenvalue weighted by Gasteiger charge is -2.20. The molecule has 0 spiro atoms. The molecule has 4 nitrogen and oxygen atoms in total. The lowest BCUT2D eigenvalue weighted by Crippen LogP contribution is -2.43. The number of hydrogen-bond donors (Lipinski definition) is 1. The van der Waals surface area contributed by atoms with E-state index in [1.54, 1.807) is 16.2 Å². The average molecular weight is 342 g/mol. The lowest BCUT2D eigenvalue weighted by atomic mass is 9.85. The Morgan fingerprint density at radius 2 is 2.08 bits per heavy atom. The fourth-order valence-corrected chi connectivity index (χ4v) is 3.79. The number of carbonyl (C=O) groups excluding carboxylic acids is 2. The van der Waals surface area contributed by atoms with Crippen LogP contribution in [0.5, 0.6) is 0 Å². The molecule has 0 bridgehead atoms. The van der Waals surface area contributed by atoms with Crippen LogP contribution < -0.4 is 10.2 Å². The molecule has 1 aliphatic heterocycles. The van der Waals surface area contributed by atoms with Crippen LogP contribution in [0.3, 0.4) is 0 Å². The van der Waals surface area contributed by atoms with Gasteiger partial charge >= 0.3 is 0 Å². The van der Waals surface area contributed by atoms with Crippen molar-refractivity contribution in [3.8, 4) is 0 Å². The number of aryl methyl sites for hydroxylation is 1. The minimum atomic E-state index is -0.585. The standard InChI is InChI=1S/C19H22N2O2S/c1-13-6-7-16-15(11-13)19(2,3)18(23)21(16)12-17(22)20-9-8-14-5-4-10-24-14/h4-7,10-11H,8-9,12H2,1-3H3,(H,20,22). The van der Waals surface area contributed by atoms with Gasteiger partial charge < -0.3 is 10.2 Å². The van der Waals surface area contributed by atoms with Gasteiger partial charge in [-0.05, 0) is 50.3 Å². The summed E-state index contributed by atoms with van der Waals surface area (Å²) in [6.07, 6.45) is 0.818. The van der Waals surface area contributed by atoms with Crippen LogP contribution in [-0.4, -0.2) is 24.9 Å². The maximum absolute atomic E-state index is 12.7. The molecule has 0 saturated heterocycles. The lowest BCUT2D eigenvalue weighted by molar-refractivity contribution is -0.125. The Morgan fingerprint density at radius 1 is 1.29 bits per heavy atom. The Kier molecular flexibility index (Phi) is 4.45. The number of amides is 2. The van der Waals surface area contributed by atoms with Gasteiger partial charge in [0.15, 0.2) is 0 Å². The predicted octanol–water partition coefficient (Wildman–Crippen LogP) is 3.04. The van der Waals surface area contributed by atoms with E-state index >= 15 is 0 Å². The summed E-state index contributed by atoms with van der Waals surface area (Å²) in [5.74, 6) is -0.138. The predicted molar refractivity (Wildman–Crippen MR) is 97.6 cm³/mol. The van der Waals surface area contributed by atoms with Crippen LogP contribution >= 0.6 is 11.3 Å². The van der Waals surface area contributed by atoms with Crippen molar-refractivity contribution in [3.63, 3.8) is 0 Å². The Labute approximate surface area is 146 Å². The SMILES string of the molecule is Cc1ccc2c(c1)C(C)(C)C(=O)N2CC(=O)NCCc1cccs1. The van der Waals surface area contributed by atoms with E-state index in [-0.39, 0.29) is 18.4 Å². The second kappa shape index (κ2) is 6.40. The van der Waals surface area contributed by atoms with E-state index in [0.717, 1.165) is 23.2 Å². The largest absolute Gasteiger partial charge is 0.354 e. The van der Waals surface area contributed by atoms with Crippen LogP contribution in [0.25, 0.3) is 0 Å². The van der Waals surface area contributed by atoms with E-state index in [4.69, 9.17) is 0 Å². The molecule has 2 heterocycles. The maximum atomic E-state index is 12.7. The van der Waals surface area contributed by atoms with Crippen molar-refractivity contribution in [3.05, 3.63) is 51.7 Å². The second-order valence-electron chi connectivity index (χ2n) is 6.72. The average Bonchev–Trinajstić information content (AvgIpc) is 3.10. The molecule has 0 radical (unpaired) electrons. The first-order valence-electron chi connectivity index (χ1n) is 8.12. The van der Waals surface area contributed by atoms with Gasteiger partial charge in [-0.3, -0.25) is 9.59 Å². The summed E-state index contributed by atoms with van der Waals surface area (Å²) >= 11 is 1.68. The fraction of sp³-hybridized carbons (Fsp3) is 0.368. The second-order valence-corrected chi connectivity index (χ2v) is 7.75. The van der Waals surface area contributed by atoms with Crippen molar-refractivity contribution in [2.75, 3.05) is 18.0 Å². The minimum absolute atomic E-state index is 0.0171. The quantitative estimate of drug-likeness (QED) is 0.908. The molecule has 1 aromatic carbocycles. The van der Waals surface area contributed by atoms with Crippen LogP contribution in [0.2, 0.25) is 0 Å². The molecule has 2 amide bonds. The van der Waals surface area contributed by atoms with Gasteiger partial charge in [0, 0.05) is 17.1 Å². The molecule has 5 heteroatoms. The van der Waals surface area contributed by atoms with Crippen molar-refractivity contribution in [1.82, 2.24) is 5.32 Å². The van der Waals surface area contributed by atoms with Gasteiger partial charge in [-0.25, -0.2) is 0 Å². The first-order chi connectivity index (χ1) is 11.4. The number of fused-ring (bicyclic) bond motifs is 1. The molecule has 1 aromatic heterocycles. The molecule has 3 rings (SSSR count). The maximum Gasteiger partial charge on any atom is 0.240 e. The summed E-state index contributed by atoms with van der Waals surface area (Å²) in [4.78, 5) is 27.8. The topological polar surface area (TPSA) is 49.4 Å². The van der Waals surface area contributed by atoms with Gasteiger partial charge in [0.2, 0.25) is 11.8 Å². The van der Waals surface area contributed by atoms with E-state index in [2.05, 4.69) is 11.4 Å². The van der Waals surface area contributed by atoms with Gasteiger partial charge in [-0.15, -0.1) is 11.3 Å². The summed E-state index contributed by atoms with van der Waals surface area (Å²) in [5.41, 5.74) is 2.39. The first kappa shape index (κ1) is 16.7. The van der Waals surface area contributed by atoms with Gasteiger partial charge in [-0.2, -0.15) is 0 Å². The molecule has 0 saturated carbocycles. The molecule has 0 atom stereocenters. The highest BCUT2D eigenvalue weighted by molar-refractivity contribution is 7.09. The normalized spacial score (nSPS) is 15.5. The Balaban J connectivity index is 1.67. The van der Waals surface area contributed by atoms with Crippen LogP contribution in [0.1, 0.15) is 29.9 Å². The highest BCUT2D eigenvalue weighted by atomic mass is 32.1. The summed E-state index contributed by atoms with van der Waals surface area (Å²) in [6, 6.07) is 10.0. The van der Waals surface area contributed by atoms with Gasteiger partial charge in [0.25, 0.3) is 0 Å². The van der Waals surface area contributed by atoms with Crippen LogP contribution in [-0.2, 0) is 21.4 Å². The van der Waals surface area contributed by atoms with E-state index in [1.165, 1.54) is 4.88 Å². The molecule has 1 aliphatic rings. The molecule has 0 fully saturated rings. The van der Waals surface area contributed by atoms with Crippen molar-refractivity contribution in [1.29, 1.82) is 0 Å². The zero-order valence-electron chi connectivity index (χ0n) is 14.3. The fourth-order valence-electron chi connectivity index (χ4n) is 3.08. The molecule has 0 unspecified atom stereocenters. The first-order valence-corrected chi connectivity index (χ1v) is 9.00.